The van der Waals surface area contributed by atoms with Crippen LogP contribution in [-0.2, 0) is 6.42 Å². The predicted molar refractivity (Wildman–Crippen MR) is 94.6 cm³/mol. The van der Waals surface area contributed by atoms with Crippen molar-refractivity contribution < 1.29 is 4.79 Å². The lowest BCUT2D eigenvalue weighted by molar-refractivity contribution is 0.0933. The first kappa shape index (κ1) is 15.1. The summed E-state index contributed by atoms with van der Waals surface area (Å²) in [4.78, 5) is 33.3. The number of fused-ring (bicyclic) bond motifs is 2. The number of aryl methyl sites for hydroxylation is 2. The number of amides is 1. The van der Waals surface area contributed by atoms with Crippen molar-refractivity contribution in [2.75, 3.05) is 0 Å². The van der Waals surface area contributed by atoms with Crippen molar-refractivity contribution in [1.29, 1.82) is 0 Å². The number of benzene rings is 1. The zero-order valence-electron chi connectivity index (χ0n) is 13.3. The first-order chi connectivity index (χ1) is 11.6. The van der Waals surface area contributed by atoms with Crippen LogP contribution in [0, 0.1) is 6.92 Å². The number of nitrogens with zero attached hydrogens (tertiary/aromatic N) is 1. The second-order valence-corrected chi connectivity index (χ2v) is 7.34. The first-order valence-electron chi connectivity index (χ1n) is 8.01. The highest BCUT2D eigenvalue weighted by Crippen LogP contribution is 2.33. The van der Waals surface area contributed by atoms with Crippen LogP contribution < -0.4 is 10.9 Å². The molecule has 0 fully saturated rings. The van der Waals surface area contributed by atoms with Gasteiger partial charge in [-0.2, -0.15) is 0 Å². The molecule has 1 atom stereocenters. The number of nitrogens with one attached hydrogen (secondary N) is 2. The first-order valence-corrected chi connectivity index (χ1v) is 8.82. The maximum absolute atomic E-state index is 12.8. The predicted octanol–water partition coefficient (Wildman–Crippen LogP) is 3.10. The number of pyridine rings is 1. The van der Waals surface area contributed by atoms with Gasteiger partial charge in [0, 0.05) is 21.8 Å². The number of hydrogen-bond acceptors (Lipinski definition) is 4. The summed E-state index contributed by atoms with van der Waals surface area (Å²) in [6.45, 7) is 1.99. The molecule has 2 N–H and O–H groups in total. The third kappa shape index (κ3) is 2.63. The van der Waals surface area contributed by atoms with Crippen LogP contribution in [0.3, 0.4) is 0 Å². The van der Waals surface area contributed by atoms with Crippen LogP contribution in [0.4, 0.5) is 0 Å². The van der Waals surface area contributed by atoms with Gasteiger partial charge < -0.3 is 10.3 Å². The summed E-state index contributed by atoms with van der Waals surface area (Å²) in [6, 6.07) is 8.64. The smallest absolute Gasteiger partial charge is 0.252 e. The Morgan fingerprint density at radius 1 is 1.38 bits per heavy atom. The van der Waals surface area contributed by atoms with Gasteiger partial charge in [-0.25, -0.2) is 4.98 Å². The van der Waals surface area contributed by atoms with E-state index in [0.29, 0.717) is 11.1 Å². The number of carbonyl (C=O) groups is 1. The van der Waals surface area contributed by atoms with E-state index in [9.17, 15) is 9.59 Å². The maximum atomic E-state index is 12.8. The molecule has 122 valence electrons. The lowest BCUT2D eigenvalue weighted by atomic mass is 9.97. The number of carbonyl (C=O) groups excluding carboxylic acids is 1. The van der Waals surface area contributed by atoms with Gasteiger partial charge in [0.05, 0.1) is 22.3 Å². The normalized spacial score (nSPS) is 16.8. The van der Waals surface area contributed by atoms with Crippen molar-refractivity contribution >= 4 is 28.1 Å². The van der Waals surface area contributed by atoms with Crippen molar-refractivity contribution in [3.8, 4) is 0 Å². The van der Waals surface area contributed by atoms with E-state index in [1.165, 1.54) is 10.9 Å². The van der Waals surface area contributed by atoms with E-state index in [1.807, 2.05) is 25.1 Å². The summed E-state index contributed by atoms with van der Waals surface area (Å²) in [5, 5.41) is 4.86. The standard InChI is InChI=1S/C18H17N3O2S/c1-10-19-17-14(7-4-8-15(17)24-10)21-18(23)12-9-16(22)20-13-6-3-2-5-11(12)13/h2-3,5-6,9,14H,4,7-8H2,1H3,(H,20,22)(H,21,23)/t14-/m1/s1. The highest BCUT2D eigenvalue weighted by atomic mass is 32.1. The summed E-state index contributed by atoms with van der Waals surface area (Å²) in [5.41, 5.74) is 1.80. The van der Waals surface area contributed by atoms with E-state index in [-0.39, 0.29) is 17.5 Å². The van der Waals surface area contributed by atoms with Crippen LogP contribution in [0.25, 0.3) is 10.9 Å². The zero-order valence-corrected chi connectivity index (χ0v) is 14.1. The lowest BCUT2D eigenvalue weighted by Crippen LogP contribution is -2.31. The van der Waals surface area contributed by atoms with Crippen LogP contribution in [0.1, 0.15) is 44.8 Å². The summed E-state index contributed by atoms with van der Waals surface area (Å²) < 4.78 is 0. The van der Waals surface area contributed by atoms with Crippen molar-refractivity contribution in [3.63, 3.8) is 0 Å². The molecule has 0 radical (unpaired) electrons. The monoisotopic (exact) mass is 339 g/mol. The van der Waals surface area contributed by atoms with Gasteiger partial charge in [0.2, 0.25) is 5.56 Å². The molecule has 24 heavy (non-hydrogen) atoms. The number of hydrogen-bond donors (Lipinski definition) is 2. The van der Waals surface area contributed by atoms with E-state index in [1.54, 1.807) is 17.4 Å². The van der Waals surface area contributed by atoms with E-state index in [0.717, 1.165) is 35.4 Å². The van der Waals surface area contributed by atoms with Crippen LogP contribution in [0.15, 0.2) is 35.1 Å². The van der Waals surface area contributed by atoms with Crippen LogP contribution in [0.2, 0.25) is 0 Å². The average molecular weight is 339 g/mol. The molecule has 0 saturated heterocycles. The van der Waals surface area contributed by atoms with Crippen molar-refractivity contribution in [1.82, 2.24) is 15.3 Å². The molecule has 2 heterocycles. The van der Waals surface area contributed by atoms with Gasteiger partial charge >= 0.3 is 0 Å². The molecule has 1 aromatic carbocycles. The molecule has 2 aromatic heterocycles. The molecule has 5 nitrogen and oxygen atoms in total. The second kappa shape index (κ2) is 5.87. The summed E-state index contributed by atoms with van der Waals surface area (Å²) in [6.07, 6.45) is 2.94. The van der Waals surface area contributed by atoms with Crippen LogP contribution in [0.5, 0.6) is 0 Å². The van der Waals surface area contributed by atoms with E-state index in [2.05, 4.69) is 15.3 Å². The molecule has 0 aliphatic heterocycles. The van der Waals surface area contributed by atoms with Gasteiger partial charge in [-0.1, -0.05) is 18.2 Å². The number of rotatable bonds is 2. The quantitative estimate of drug-likeness (QED) is 0.753. The molecular formula is C18H17N3O2S. The topological polar surface area (TPSA) is 74.8 Å². The van der Waals surface area contributed by atoms with E-state index < -0.39 is 0 Å². The third-order valence-electron chi connectivity index (χ3n) is 4.36. The molecular weight excluding hydrogens is 322 g/mol. The Hall–Kier alpha value is -2.47. The molecule has 0 saturated carbocycles. The van der Waals surface area contributed by atoms with Crippen molar-refractivity contribution in [2.24, 2.45) is 0 Å². The number of para-hydroxylation sites is 1. The summed E-state index contributed by atoms with van der Waals surface area (Å²) in [7, 11) is 0. The Morgan fingerprint density at radius 3 is 3.08 bits per heavy atom. The molecule has 4 rings (SSSR count). The second-order valence-electron chi connectivity index (χ2n) is 6.05. The molecule has 1 amide bonds. The molecule has 6 heteroatoms. The van der Waals surface area contributed by atoms with Crippen LogP contribution >= 0.6 is 11.3 Å². The summed E-state index contributed by atoms with van der Waals surface area (Å²) in [5.74, 6) is -0.221. The fraction of sp³-hybridized carbons (Fsp3) is 0.278. The zero-order chi connectivity index (χ0) is 16.7. The van der Waals surface area contributed by atoms with Gasteiger partial charge in [-0.3, -0.25) is 9.59 Å². The lowest BCUT2D eigenvalue weighted by Gasteiger charge is -2.22. The molecule has 1 aliphatic carbocycles. The number of thiazole rings is 1. The minimum atomic E-state index is -0.271. The van der Waals surface area contributed by atoms with Gasteiger partial charge in [0.25, 0.3) is 5.91 Å². The highest BCUT2D eigenvalue weighted by molar-refractivity contribution is 7.11. The van der Waals surface area contributed by atoms with Crippen molar-refractivity contribution in [2.45, 2.75) is 32.2 Å². The van der Waals surface area contributed by atoms with Gasteiger partial charge in [0.15, 0.2) is 0 Å². The minimum Gasteiger partial charge on any atom is -0.344 e. The SMILES string of the molecule is Cc1nc2c(s1)CCC[C@H]2NC(=O)c1cc(=O)[nH]c2ccccc12. The Bertz CT molecular complexity index is 989. The molecule has 0 unspecified atom stereocenters. The highest BCUT2D eigenvalue weighted by Gasteiger charge is 2.26. The Morgan fingerprint density at radius 2 is 2.21 bits per heavy atom. The van der Waals surface area contributed by atoms with Crippen molar-refractivity contribution in [3.05, 3.63) is 61.8 Å². The minimum absolute atomic E-state index is 0.0794. The number of aromatic nitrogens is 2. The Balaban J connectivity index is 1.70. The average Bonchev–Trinajstić information content (AvgIpc) is 2.95. The Labute approximate surface area is 142 Å². The van der Waals surface area contributed by atoms with Gasteiger partial charge in [0.1, 0.15) is 0 Å². The van der Waals surface area contributed by atoms with E-state index >= 15 is 0 Å². The molecule has 3 aromatic rings. The fourth-order valence-corrected chi connectivity index (χ4v) is 4.35. The Kier molecular flexibility index (Phi) is 3.69. The molecule has 1 aliphatic rings. The largest absolute Gasteiger partial charge is 0.344 e. The number of H-pyrrole nitrogens is 1. The fourth-order valence-electron chi connectivity index (χ4n) is 3.31. The number of aromatic amines is 1. The van der Waals surface area contributed by atoms with E-state index in [4.69, 9.17) is 0 Å². The third-order valence-corrected chi connectivity index (χ3v) is 5.41. The van der Waals surface area contributed by atoms with Crippen LogP contribution in [-0.4, -0.2) is 15.9 Å². The van der Waals surface area contributed by atoms with Gasteiger partial charge in [-0.15, -0.1) is 11.3 Å². The maximum Gasteiger partial charge on any atom is 0.252 e. The molecule has 0 spiro atoms. The molecule has 0 bridgehead atoms. The summed E-state index contributed by atoms with van der Waals surface area (Å²) >= 11 is 1.70. The van der Waals surface area contributed by atoms with Gasteiger partial charge in [-0.05, 0) is 32.3 Å².